The Balaban J connectivity index is 1.65. The topological polar surface area (TPSA) is 104 Å². The van der Waals surface area contributed by atoms with Gasteiger partial charge in [-0.25, -0.2) is 0 Å². The fourth-order valence-corrected chi connectivity index (χ4v) is 7.94. The molecule has 260 valence electrons. The van der Waals surface area contributed by atoms with Crippen LogP contribution in [0.4, 0.5) is 0 Å². The van der Waals surface area contributed by atoms with Crippen molar-refractivity contribution >= 4 is 11.8 Å². The minimum absolute atomic E-state index is 0.255. The molecule has 0 aliphatic heterocycles. The molecule has 1 fully saturated rings. The minimum Gasteiger partial charge on any atom is -0.378 e. The molecule has 6 aromatic carbocycles. The molecule has 0 spiro atoms. The zero-order valence-electron chi connectivity index (χ0n) is 28.8. The van der Waals surface area contributed by atoms with Crippen LogP contribution in [0.3, 0.4) is 0 Å². The lowest BCUT2D eigenvalue weighted by Crippen LogP contribution is -2.61. The molecule has 7 rings (SSSR count). The van der Waals surface area contributed by atoms with E-state index in [2.05, 4.69) is 0 Å². The van der Waals surface area contributed by atoms with Crippen molar-refractivity contribution in [3.8, 4) is 0 Å². The molecule has 0 bridgehead atoms. The van der Waals surface area contributed by atoms with Gasteiger partial charge in [0.2, 0.25) is 11.8 Å². The van der Waals surface area contributed by atoms with Crippen molar-refractivity contribution in [3.05, 3.63) is 215 Å². The van der Waals surface area contributed by atoms with Gasteiger partial charge in [0.1, 0.15) is 16.6 Å². The van der Waals surface area contributed by atoms with E-state index >= 15 is 4.79 Å². The van der Waals surface area contributed by atoms with Crippen LogP contribution in [0.1, 0.15) is 64.7 Å². The van der Waals surface area contributed by atoms with E-state index in [-0.39, 0.29) is 12.8 Å². The number of carbonyl (C=O) groups is 2. The molecule has 4 N–H and O–H groups in total. The van der Waals surface area contributed by atoms with Crippen LogP contribution in [0.2, 0.25) is 0 Å². The molecule has 0 aromatic heterocycles. The van der Waals surface area contributed by atoms with E-state index in [9.17, 15) is 15.0 Å². The van der Waals surface area contributed by atoms with Crippen LogP contribution in [0, 0.1) is 5.41 Å². The summed E-state index contributed by atoms with van der Waals surface area (Å²) in [6.45, 7) is 0. The number of carbonyl (C=O) groups excluding carboxylic acids is 2. The predicted molar refractivity (Wildman–Crippen MR) is 202 cm³/mol. The summed E-state index contributed by atoms with van der Waals surface area (Å²) in [4.78, 5) is 31.1. The number of benzene rings is 6. The second kappa shape index (κ2) is 14.4. The van der Waals surface area contributed by atoms with Gasteiger partial charge in [0, 0.05) is 0 Å². The van der Waals surface area contributed by atoms with Crippen LogP contribution < -0.4 is 5.73 Å². The highest BCUT2D eigenvalue weighted by Gasteiger charge is 2.60. The van der Waals surface area contributed by atoms with Gasteiger partial charge in [-0.2, -0.15) is 0 Å². The largest absolute Gasteiger partial charge is 0.378 e. The summed E-state index contributed by atoms with van der Waals surface area (Å²) >= 11 is 0. The van der Waals surface area contributed by atoms with Crippen LogP contribution in [0.25, 0.3) is 0 Å². The number of hydrogen-bond donors (Lipinski definition) is 3. The third-order valence-electron chi connectivity index (χ3n) is 10.8. The molecule has 0 radical (unpaired) electrons. The van der Waals surface area contributed by atoms with Crippen LogP contribution in [-0.2, 0) is 20.8 Å². The van der Waals surface area contributed by atoms with E-state index in [1.807, 2.05) is 182 Å². The smallest absolute Gasteiger partial charge is 0.239 e. The second-order valence-corrected chi connectivity index (χ2v) is 13.6. The van der Waals surface area contributed by atoms with Crippen molar-refractivity contribution in [1.82, 2.24) is 4.90 Å². The molecule has 1 saturated carbocycles. The Hall–Kier alpha value is -5.82. The molecule has 0 saturated heterocycles. The standard InChI is InChI=1S/C46H42N2O4/c47-42(49)44(32-19-33-44)43(50)48(40(34-20-7-1-8-21-34)45(51,36-24-11-3-12-25-36)37-26-13-4-14-27-37)41(35-22-9-2-10-23-35)46(52,38-28-15-5-16-29-38)39-30-17-6-18-31-39/h1-18,20-31,40-41,51-52H,19,32-33H2,(H2,47,49)/t40-,41-/m1/s1. The first kappa shape index (κ1) is 34.6. The summed E-state index contributed by atoms with van der Waals surface area (Å²) in [7, 11) is 0. The fourth-order valence-electron chi connectivity index (χ4n) is 7.94. The third kappa shape index (κ3) is 5.90. The molecular formula is C46H42N2O4. The highest BCUT2D eigenvalue weighted by Crippen LogP contribution is 2.56. The Kier molecular flexibility index (Phi) is 9.61. The van der Waals surface area contributed by atoms with Gasteiger partial charge in [0.05, 0.1) is 12.1 Å². The van der Waals surface area contributed by atoms with Gasteiger partial charge in [0.25, 0.3) is 0 Å². The van der Waals surface area contributed by atoms with Crippen molar-refractivity contribution in [2.75, 3.05) is 0 Å². The van der Waals surface area contributed by atoms with E-state index < -0.39 is 40.5 Å². The average molecular weight is 687 g/mol. The molecule has 6 nitrogen and oxygen atoms in total. The number of hydrogen-bond acceptors (Lipinski definition) is 4. The van der Waals surface area contributed by atoms with E-state index in [4.69, 9.17) is 5.73 Å². The van der Waals surface area contributed by atoms with Crippen LogP contribution in [-0.4, -0.2) is 26.9 Å². The summed E-state index contributed by atoms with van der Waals surface area (Å²) in [5.74, 6) is -1.28. The van der Waals surface area contributed by atoms with E-state index in [1.54, 1.807) is 4.90 Å². The average Bonchev–Trinajstić information content (AvgIpc) is 3.19. The lowest BCUT2D eigenvalue weighted by molar-refractivity contribution is -0.173. The van der Waals surface area contributed by atoms with E-state index in [0.29, 0.717) is 39.8 Å². The van der Waals surface area contributed by atoms with Crippen molar-refractivity contribution in [3.63, 3.8) is 0 Å². The fraction of sp³-hybridized carbons (Fsp3) is 0.174. The van der Waals surface area contributed by atoms with Crippen molar-refractivity contribution in [1.29, 1.82) is 0 Å². The maximum absolute atomic E-state index is 15.9. The third-order valence-corrected chi connectivity index (χ3v) is 10.8. The van der Waals surface area contributed by atoms with Crippen LogP contribution >= 0.6 is 0 Å². The maximum atomic E-state index is 15.9. The second-order valence-electron chi connectivity index (χ2n) is 13.6. The summed E-state index contributed by atoms with van der Waals surface area (Å²) in [6, 6.07) is 53.5. The molecule has 52 heavy (non-hydrogen) atoms. The van der Waals surface area contributed by atoms with E-state index in [0.717, 1.165) is 0 Å². The number of primary amides is 1. The first-order chi connectivity index (χ1) is 25.3. The number of aliphatic hydroxyl groups is 2. The molecule has 1 aliphatic carbocycles. The molecule has 2 amide bonds. The van der Waals surface area contributed by atoms with Gasteiger partial charge in [-0.3, -0.25) is 9.59 Å². The van der Waals surface area contributed by atoms with Crippen molar-refractivity contribution in [2.45, 2.75) is 42.5 Å². The summed E-state index contributed by atoms with van der Waals surface area (Å²) < 4.78 is 0. The van der Waals surface area contributed by atoms with Crippen LogP contribution in [0.15, 0.2) is 182 Å². The quantitative estimate of drug-likeness (QED) is 0.114. The molecule has 0 unspecified atom stereocenters. The van der Waals surface area contributed by atoms with Gasteiger partial charge >= 0.3 is 0 Å². The molecule has 1 aliphatic rings. The SMILES string of the molecule is NC(=O)C1(C(=O)N([C@H](c2ccccc2)C(O)(c2ccccc2)c2ccccc2)[C@H](c2ccccc2)C(O)(c2ccccc2)c2ccccc2)CCC1. The summed E-state index contributed by atoms with van der Waals surface area (Å²) in [5.41, 5.74) is 4.19. The normalized spacial score (nSPS) is 15.1. The Morgan fingerprint density at radius 1 is 0.500 bits per heavy atom. The molecule has 0 heterocycles. The Morgan fingerprint density at radius 2 is 0.769 bits per heavy atom. The lowest BCUT2D eigenvalue weighted by atomic mass is 9.65. The predicted octanol–water partition coefficient (Wildman–Crippen LogP) is 7.83. The first-order valence-corrected chi connectivity index (χ1v) is 17.7. The monoisotopic (exact) mass is 686 g/mol. The number of amides is 2. The highest BCUT2D eigenvalue weighted by molar-refractivity contribution is 6.05. The first-order valence-electron chi connectivity index (χ1n) is 17.7. The zero-order chi connectivity index (χ0) is 36.2. The molecular weight excluding hydrogens is 645 g/mol. The number of nitrogens with two attached hydrogens (primary N) is 1. The summed E-state index contributed by atoms with van der Waals surface area (Å²) in [6.07, 6.45) is 1.15. The van der Waals surface area contributed by atoms with Crippen LogP contribution in [0.5, 0.6) is 0 Å². The van der Waals surface area contributed by atoms with Crippen molar-refractivity contribution in [2.24, 2.45) is 11.1 Å². The summed E-state index contributed by atoms with van der Waals surface area (Å²) in [5, 5.41) is 27.6. The van der Waals surface area contributed by atoms with Gasteiger partial charge < -0.3 is 20.8 Å². The highest BCUT2D eigenvalue weighted by atomic mass is 16.3. The minimum atomic E-state index is -1.90. The molecule has 2 atom stereocenters. The van der Waals surface area contributed by atoms with Gasteiger partial charge in [0.15, 0.2) is 0 Å². The van der Waals surface area contributed by atoms with Crippen molar-refractivity contribution < 1.29 is 19.8 Å². The Morgan fingerprint density at radius 3 is 1.00 bits per heavy atom. The Bertz CT molecular complexity index is 1880. The Labute approximate surface area is 304 Å². The molecule has 6 heteroatoms. The molecule has 6 aromatic rings. The number of nitrogens with zero attached hydrogens (tertiary/aromatic N) is 1. The lowest BCUT2D eigenvalue weighted by Gasteiger charge is -2.54. The van der Waals surface area contributed by atoms with Gasteiger partial charge in [-0.15, -0.1) is 0 Å². The van der Waals surface area contributed by atoms with Gasteiger partial charge in [-0.1, -0.05) is 188 Å². The maximum Gasteiger partial charge on any atom is 0.239 e. The van der Waals surface area contributed by atoms with Gasteiger partial charge in [-0.05, 0) is 46.2 Å². The van der Waals surface area contributed by atoms with E-state index in [1.165, 1.54) is 0 Å². The number of rotatable bonds is 12. The zero-order valence-corrected chi connectivity index (χ0v) is 28.8.